The summed E-state index contributed by atoms with van der Waals surface area (Å²) in [5, 5.41) is 21.1. The van der Waals surface area contributed by atoms with Crippen molar-refractivity contribution in [1.29, 1.82) is 0 Å². The van der Waals surface area contributed by atoms with E-state index in [1.807, 2.05) is 42.6 Å². The number of amides is 1. The zero-order valence-electron chi connectivity index (χ0n) is 17.3. The summed E-state index contributed by atoms with van der Waals surface area (Å²) in [6, 6.07) is 15.1. The number of hydrogen-bond donors (Lipinski definition) is 3. The van der Waals surface area contributed by atoms with Gasteiger partial charge in [0, 0.05) is 38.3 Å². The number of benzene rings is 2. The first-order valence-corrected chi connectivity index (χ1v) is 11.3. The minimum Gasteiger partial charge on any atom is -0.378 e. The van der Waals surface area contributed by atoms with Gasteiger partial charge in [-0.25, -0.2) is 10.1 Å². The molecule has 11 nitrogen and oxygen atoms in total. The molecule has 5 rings (SSSR count). The molecule has 1 amide bonds. The first kappa shape index (κ1) is 21.7. The Hall–Kier alpha value is -4.16. The Balaban J connectivity index is 1.39. The van der Waals surface area contributed by atoms with Crippen LogP contribution in [0.2, 0.25) is 5.02 Å². The van der Waals surface area contributed by atoms with E-state index in [1.54, 1.807) is 18.3 Å². The molecule has 4 N–H and O–H groups in total. The summed E-state index contributed by atoms with van der Waals surface area (Å²) in [7, 11) is 0. The van der Waals surface area contributed by atoms with Gasteiger partial charge in [-0.3, -0.25) is 4.79 Å². The topological polar surface area (TPSA) is 153 Å². The summed E-state index contributed by atoms with van der Waals surface area (Å²) in [6.07, 6.45) is 3.37. The highest BCUT2D eigenvalue weighted by atomic mass is 35.5. The molecule has 13 heteroatoms. The molecular weight excluding hydrogens is 478 g/mol. The van der Waals surface area contributed by atoms with E-state index < -0.39 is 5.91 Å². The number of aromatic nitrogens is 6. The van der Waals surface area contributed by atoms with E-state index in [1.165, 1.54) is 16.4 Å². The molecule has 0 atom stereocenters. The number of thioether (sulfide) groups is 1. The molecule has 0 aliphatic heterocycles. The second kappa shape index (κ2) is 9.37. The van der Waals surface area contributed by atoms with Crippen LogP contribution in [0.3, 0.4) is 0 Å². The average Bonchev–Trinajstić information content (AvgIpc) is 3.57. The first-order valence-electron chi connectivity index (χ1n) is 9.91. The van der Waals surface area contributed by atoms with E-state index in [4.69, 9.17) is 17.3 Å². The smallest absolute Gasteiger partial charge is 0.293 e. The zero-order chi connectivity index (χ0) is 23.5. The number of fused-ring (bicyclic) bond motifs is 1. The van der Waals surface area contributed by atoms with Gasteiger partial charge in [-0.1, -0.05) is 35.0 Å². The molecule has 0 aliphatic carbocycles. The normalized spacial score (nSPS) is 11.4. The molecule has 0 radical (unpaired) electrons. The van der Waals surface area contributed by atoms with Crippen LogP contribution in [0, 0.1) is 0 Å². The third-order valence-electron chi connectivity index (χ3n) is 4.85. The fourth-order valence-corrected chi connectivity index (χ4v) is 4.23. The van der Waals surface area contributed by atoms with Crippen LogP contribution >= 0.6 is 23.4 Å². The van der Waals surface area contributed by atoms with E-state index in [0.717, 1.165) is 21.4 Å². The number of nitrogens with one attached hydrogen (secondary N) is 2. The molecule has 170 valence electrons. The lowest BCUT2D eigenvalue weighted by atomic mass is 10.2. The van der Waals surface area contributed by atoms with Crippen molar-refractivity contribution < 1.29 is 9.42 Å². The van der Waals surface area contributed by atoms with Gasteiger partial charge < -0.3 is 10.7 Å². The van der Waals surface area contributed by atoms with Crippen LogP contribution in [0.5, 0.6) is 0 Å². The van der Waals surface area contributed by atoms with Crippen molar-refractivity contribution in [2.45, 2.75) is 10.6 Å². The predicted molar refractivity (Wildman–Crippen MR) is 128 cm³/mol. The van der Waals surface area contributed by atoms with E-state index in [-0.39, 0.29) is 17.3 Å². The summed E-state index contributed by atoms with van der Waals surface area (Å²) in [6.45, 7) is 0. The number of para-hydroxylation sites is 1. The molecule has 2 aromatic carbocycles. The van der Waals surface area contributed by atoms with Crippen LogP contribution in [-0.2, 0) is 5.75 Å². The third kappa shape index (κ3) is 4.36. The van der Waals surface area contributed by atoms with E-state index in [0.29, 0.717) is 16.5 Å². The molecule has 3 heterocycles. The molecule has 5 aromatic rings. The fraction of sp³-hybridized carbons (Fsp3) is 0.0476. The van der Waals surface area contributed by atoms with Crippen molar-refractivity contribution in [2.24, 2.45) is 5.10 Å². The van der Waals surface area contributed by atoms with Gasteiger partial charge in [0.25, 0.3) is 5.91 Å². The number of carbonyl (C=O) groups excluding carboxylic acids is 1. The summed E-state index contributed by atoms with van der Waals surface area (Å²) in [4.78, 5) is 17.0. The molecule has 34 heavy (non-hydrogen) atoms. The molecule has 0 saturated heterocycles. The number of aromatic amines is 1. The average molecular weight is 494 g/mol. The quantitative estimate of drug-likeness (QED) is 0.177. The van der Waals surface area contributed by atoms with Crippen LogP contribution in [0.15, 0.2) is 69.4 Å². The Morgan fingerprint density at radius 2 is 2.06 bits per heavy atom. The van der Waals surface area contributed by atoms with Crippen molar-refractivity contribution in [3.05, 3.63) is 76.7 Å². The maximum atomic E-state index is 12.9. The summed E-state index contributed by atoms with van der Waals surface area (Å²) in [5.41, 5.74) is 10.7. The summed E-state index contributed by atoms with van der Waals surface area (Å²) >= 11 is 7.42. The highest BCUT2D eigenvalue weighted by molar-refractivity contribution is 7.98. The van der Waals surface area contributed by atoms with Gasteiger partial charge in [-0.15, -0.1) is 16.9 Å². The highest BCUT2D eigenvalue weighted by Gasteiger charge is 2.24. The van der Waals surface area contributed by atoms with Crippen LogP contribution in [0.1, 0.15) is 21.7 Å². The molecule has 0 fully saturated rings. The number of anilines is 1. The van der Waals surface area contributed by atoms with Crippen LogP contribution < -0.4 is 11.2 Å². The largest absolute Gasteiger partial charge is 0.378 e. The minimum absolute atomic E-state index is 0.0203. The molecular formula is C21H16ClN9O2S. The van der Waals surface area contributed by atoms with Gasteiger partial charge >= 0.3 is 0 Å². The number of rotatable bonds is 7. The van der Waals surface area contributed by atoms with E-state index in [2.05, 4.69) is 40.8 Å². The van der Waals surface area contributed by atoms with Crippen LogP contribution in [0.25, 0.3) is 16.7 Å². The molecule has 3 aromatic heterocycles. The summed E-state index contributed by atoms with van der Waals surface area (Å²) < 4.78 is 6.01. The lowest BCUT2D eigenvalue weighted by Gasteiger charge is -2.06. The second-order valence-corrected chi connectivity index (χ2v) is 8.49. The number of nitrogen functional groups attached to an aromatic ring is 1. The first-order chi connectivity index (χ1) is 16.6. The van der Waals surface area contributed by atoms with Gasteiger partial charge in [-0.2, -0.15) is 9.78 Å². The minimum atomic E-state index is -0.538. The van der Waals surface area contributed by atoms with Gasteiger partial charge in [0.15, 0.2) is 5.69 Å². The predicted octanol–water partition coefficient (Wildman–Crippen LogP) is 3.42. The maximum Gasteiger partial charge on any atom is 0.293 e. The van der Waals surface area contributed by atoms with Gasteiger partial charge in [0.05, 0.1) is 11.9 Å². The zero-order valence-corrected chi connectivity index (χ0v) is 18.9. The van der Waals surface area contributed by atoms with Gasteiger partial charge in [0.2, 0.25) is 11.6 Å². The lowest BCUT2D eigenvalue weighted by molar-refractivity contribution is 0.0949. The van der Waals surface area contributed by atoms with E-state index >= 15 is 0 Å². The lowest BCUT2D eigenvalue weighted by Crippen LogP contribution is -2.20. The summed E-state index contributed by atoms with van der Waals surface area (Å²) in [5.74, 6) is -0.0490. The Labute approximate surface area is 201 Å². The Morgan fingerprint density at radius 1 is 1.24 bits per heavy atom. The van der Waals surface area contributed by atoms with Crippen molar-refractivity contribution in [1.82, 2.24) is 35.7 Å². The van der Waals surface area contributed by atoms with Crippen molar-refractivity contribution in [3.63, 3.8) is 0 Å². The van der Waals surface area contributed by atoms with Crippen molar-refractivity contribution >= 4 is 52.2 Å². The number of H-pyrrole nitrogens is 1. The fourth-order valence-electron chi connectivity index (χ4n) is 3.21. The second-order valence-electron chi connectivity index (χ2n) is 7.00. The number of carbonyl (C=O) groups is 1. The van der Waals surface area contributed by atoms with Crippen molar-refractivity contribution in [3.8, 4) is 5.82 Å². The standard InChI is InChI=1S/C21H16ClN9O2S/c22-13-5-7-14(8-6-13)34-11-17-18(26-30-31(17)20-19(23)28-33-29-20)21(32)27-25-10-12-9-24-16-4-2-1-3-15(12)16/h1-10,24H,11H2,(H2,23,28)(H,27,32)/b25-10-. The number of hydrazone groups is 1. The Bertz CT molecular complexity index is 1490. The maximum absolute atomic E-state index is 12.9. The molecule has 0 aliphatic rings. The molecule has 0 bridgehead atoms. The third-order valence-corrected chi connectivity index (χ3v) is 6.13. The molecule has 0 spiro atoms. The Kier molecular flexibility index (Phi) is 5.97. The molecule has 0 unspecified atom stereocenters. The van der Waals surface area contributed by atoms with Crippen LogP contribution in [-0.4, -0.2) is 42.4 Å². The molecule has 0 saturated carbocycles. The Morgan fingerprint density at radius 3 is 2.85 bits per heavy atom. The number of hydrogen-bond acceptors (Lipinski definition) is 9. The van der Waals surface area contributed by atoms with Gasteiger partial charge in [0.1, 0.15) is 0 Å². The van der Waals surface area contributed by atoms with Crippen LogP contribution in [0.4, 0.5) is 5.82 Å². The SMILES string of the molecule is Nc1nonc1-n1nnc(C(=O)N/N=C\c2c[nH]c3ccccc23)c1CSc1ccc(Cl)cc1. The number of halogens is 1. The number of nitrogens with zero attached hydrogens (tertiary/aromatic N) is 6. The van der Waals surface area contributed by atoms with E-state index in [9.17, 15) is 4.79 Å². The van der Waals surface area contributed by atoms with Gasteiger partial charge in [-0.05, 0) is 40.6 Å². The number of nitrogens with two attached hydrogens (primary N) is 1. The highest BCUT2D eigenvalue weighted by Crippen LogP contribution is 2.27. The monoisotopic (exact) mass is 493 g/mol. The van der Waals surface area contributed by atoms with Crippen molar-refractivity contribution in [2.75, 3.05) is 5.73 Å².